The highest BCUT2D eigenvalue weighted by atomic mass is 32.2. The van der Waals surface area contributed by atoms with Crippen molar-refractivity contribution in [3.8, 4) is 0 Å². The van der Waals surface area contributed by atoms with Gasteiger partial charge in [-0.1, -0.05) is 69.2 Å². The van der Waals surface area contributed by atoms with Gasteiger partial charge in [0.15, 0.2) is 9.84 Å². The molecule has 0 aliphatic carbocycles. The van der Waals surface area contributed by atoms with Crippen LogP contribution in [0.3, 0.4) is 0 Å². The van der Waals surface area contributed by atoms with E-state index in [1.807, 2.05) is 55.4 Å². The molecule has 0 saturated heterocycles. The monoisotopic (exact) mass is 493 g/mol. The lowest BCUT2D eigenvalue weighted by Gasteiger charge is -2.09. The SMILES string of the molecule is CC(C)C(=O)C(C)C.CC(C)CC(C)C.CC(C)NC(=O)C(C)C.CC(C)S(=O)(=O)C(C)C. The summed E-state index contributed by atoms with van der Waals surface area (Å²) in [5.41, 5.74) is 0. The zero-order valence-corrected chi connectivity index (χ0v) is 25.7. The molecule has 0 heterocycles. The number of sulfone groups is 1. The minimum absolute atomic E-state index is 0.104. The molecule has 1 N–H and O–H groups in total. The number of hydrogen-bond acceptors (Lipinski definition) is 4. The Balaban J connectivity index is -0.000000171. The van der Waals surface area contributed by atoms with Crippen molar-refractivity contribution in [1.82, 2.24) is 5.32 Å². The Morgan fingerprint density at radius 2 is 0.879 bits per heavy atom. The molecular formula is C27H59NO4S. The number of nitrogens with one attached hydrogen (secondary N) is 1. The van der Waals surface area contributed by atoms with Crippen LogP contribution in [0.5, 0.6) is 0 Å². The molecule has 0 atom stereocenters. The molecule has 0 aromatic carbocycles. The van der Waals surface area contributed by atoms with Gasteiger partial charge in [0.25, 0.3) is 0 Å². The number of Topliss-reactive ketones (excluding diaryl/α,β-unsaturated/α-hetero) is 1. The Kier molecular flexibility index (Phi) is 24.4. The van der Waals surface area contributed by atoms with Crippen LogP contribution in [0.15, 0.2) is 0 Å². The van der Waals surface area contributed by atoms with Crippen LogP contribution in [-0.4, -0.2) is 36.6 Å². The molecule has 0 aliphatic heterocycles. The van der Waals surface area contributed by atoms with Gasteiger partial charge in [-0.05, 0) is 59.8 Å². The second-order valence-corrected chi connectivity index (χ2v) is 14.3. The van der Waals surface area contributed by atoms with Gasteiger partial charge in [-0.25, -0.2) is 8.42 Å². The molecule has 0 radical (unpaired) electrons. The van der Waals surface area contributed by atoms with Crippen LogP contribution in [0, 0.1) is 29.6 Å². The Labute approximate surface area is 208 Å². The topological polar surface area (TPSA) is 80.3 Å². The maximum Gasteiger partial charge on any atom is 0.222 e. The van der Waals surface area contributed by atoms with Gasteiger partial charge in [0.2, 0.25) is 5.91 Å². The number of hydrogen-bond donors (Lipinski definition) is 1. The minimum atomic E-state index is -2.81. The Bertz CT molecular complexity index is 557. The van der Waals surface area contributed by atoms with Crippen LogP contribution in [-0.2, 0) is 19.4 Å². The third kappa shape index (κ3) is 27.2. The zero-order chi connectivity index (χ0) is 27.7. The number of carbonyl (C=O) groups excluding carboxylic acids is 2. The van der Waals surface area contributed by atoms with Crippen LogP contribution in [0.1, 0.15) is 117 Å². The van der Waals surface area contributed by atoms with Crippen molar-refractivity contribution in [2.45, 2.75) is 134 Å². The standard InChI is InChI=1S/C7H15NO.C7H14O.C7H16.C6H14O2S/c1-5(2)7(9)8-6(3)4;1-5(2)7(8)6(3)4;1-6(2)5-7(3)4;1-5(2)9(7,8)6(3)4/h5-6H,1-4H3,(H,8,9);5-6H,1-4H3;6-7H,5H2,1-4H3;5-6H,1-4H3. The van der Waals surface area contributed by atoms with Gasteiger partial charge in [0, 0.05) is 23.8 Å². The third-order valence-electron chi connectivity index (χ3n) is 4.35. The van der Waals surface area contributed by atoms with Crippen LogP contribution >= 0.6 is 0 Å². The van der Waals surface area contributed by atoms with Crippen molar-refractivity contribution in [1.29, 1.82) is 0 Å². The van der Waals surface area contributed by atoms with Gasteiger partial charge >= 0.3 is 0 Å². The molecule has 0 aliphatic rings. The lowest BCUT2D eigenvalue weighted by molar-refractivity contribution is -0.125. The first kappa shape index (κ1) is 39.3. The van der Waals surface area contributed by atoms with E-state index in [9.17, 15) is 18.0 Å². The smallest absolute Gasteiger partial charge is 0.222 e. The number of ketones is 1. The molecule has 33 heavy (non-hydrogen) atoms. The summed E-state index contributed by atoms with van der Waals surface area (Å²) in [6.07, 6.45) is 1.36. The van der Waals surface area contributed by atoms with Crippen molar-refractivity contribution in [3.63, 3.8) is 0 Å². The van der Waals surface area contributed by atoms with E-state index >= 15 is 0 Å². The van der Waals surface area contributed by atoms with Crippen molar-refractivity contribution in [2.75, 3.05) is 0 Å². The van der Waals surface area contributed by atoms with Gasteiger partial charge in [0.05, 0.1) is 10.5 Å². The molecule has 6 heteroatoms. The van der Waals surface area contributed by atoms with Gasteiger partial charge in [-0.3, -0.25) is 9.59 Å². The maximum absolute atomic E-state index is 11.0. The molecule has 202 valence electrons. The van der Waals surface area contributed by atoms with Crippen molar-refractivity contribution >= 4 is 21.5 Å². The minimum Gasteiger partial charge on any atom is -0.354 e. The highest BCUT2D eigenvalue weighted by Gasteiger charge is 2.19. The first-order valence-electron chi connectivity index (χ1n) is 12.7. The molecule has 0 saturated carbocycles. The summed E-state index contributed by atoms with van der Waals surface area (Å²) < 4.78 is 22.1. The fourth-order valence-electron chi connectivity index (χ4n) is 2.60. The average molecular weight is 494 g/mol. The van der Waals surface area contributed by atoms with Gasteiger partial charge in [0.1, 0.15) is 5.78 Å². The van der Waals surface area contributed by atoms with Crippen molar-refractivity contribution in [3.05, 3.63) is 0 Å². The average Bonchev–Trinajstić information content (AvgIpc) is 2.60. The molecule has 0 bridgehead atoms. The molecule has 0 fully saturated rings. The van der Waals surface area contributed by atoms with E-state index in [1.54, 1.807) is 27.7 Å². The van der Waals surface area contributed by atoms with E-state index in [4.69, 9.17) is 0 Å². The Hall–Kier alpha value is -0.910. The lowest BCUT2D eigenvalue weighted by atomic mass is 9.99. The molecule has 0 aromatic rings. The fraction of sp³-hybridized carbons (Fsp3) is 0.926. The molecule has 0 unspecified atom stereocenters. The summed E-state index contributed by atoms with van der Waals surface area (Å²) in [6, 6.07) is 0.264. The van der Waals surface area contributed by atoms with Crippen LogP contribution in [0.2, 0.25) is 0 Å². The normalized spacial score (nSPS) is 11.4. The zero-order valence-electron chi connectivity index (χ0n) is 24.9. The second kappa shape index (κ2) is 20.5. The maximum atomic E-state index is 11.0. The molecule has 0 rings (SSSR count). The molecular weight excluding hydrogens is 434 g/mol. The molecule has 0 aromatic heterocycles. The van der Waals surface area contributed by atoms with E-state index in [2.05, 4.69) is 33.0 Å². The van der Waals surface area contributed by atoms with E-state index in [-0.39, 0.29) is 40.2 Å². The predicted molar refractivity (Wildman–Crippen MR) is 146 cm³/mol. The number of rotatable bonds is 8. The Morgan fingerprint density at radius 1 is 0.576 bits per heavy atom. The second-order valence-electron chi connectivity index (χ2n) is 11.2. The third-order valence-corrected chi connectivity index (χ3v) is 6.98. The summed E-state index contributed by atoms with van der Waals surface area (Å²) >= 11 is 0. The van der Waals surface area contributed by atoms with Crippen LogP contribution in [0.25, 0.3) is 0 Å². The van der Waals surface area contributed by atoms with Gasteiger partial charge in [-0.15, -0.1) is 0 Å². The summed E-state index contributed by atoms with van der Waals surface area (Å²) in [5, 5.41) is 2.33. The predicted octanol–water partition coefficient (Wildman–Crippen LogP) is 6.94. The summed E-state index contributed by atoms with van der Waals surface area (Å²) in [6.45, 7) is 31.3. The molecule has 1 amide bonds. The summed E-state index contributed by atoms with van der Waals surface area (Å²) in [7, 11) is -2.81. The van der Waals surface area contributed by atoms with E-state index in [0.29, 0.717) is 5.78 Å². The highest BCUT2D eigenvalue weighted by molar-refractivity contribution is 7.92. The van der Waals surface area contributed by atoms with E-state index in [1.165, 1.54) is 6.42 Å². The van der Waals surface area contributed by atoms with E-state index < -0.39 is 9.84 Å². The first-order valence-corrected chi connectivity index (χ1v) is 14.3. The number of carbonyl (C=O) groups is 2. The molecule has 5 nitrogen and oxygen atoms in total. The quantitative estimate of drug-likeness (QED) is 0.397. The summed E-state index contributed by atoms with van der Waals surface area (Å²) in [4.78, 5) is 21.7. The van der Waals surface area contributed by atoms with Crippen molar-refractivity contribution in [2.24, 2.45) is 29.6 Å². The molecule has 0 spiro atoms. The fourth-order valence-corrected chi connectivity index (χ4v) is 3.69. The van der Waals surface area contributed by atoms with Crippen LogP contribution < -0.4 is 5.32 Å². The lowest BCUT2D eigenvalue weighted by Crippen LogP contribution is -2.33. The van der Waals surface area contributed by atoms with E-state index in [0.717, 1.165) is 11.8 Å². The number of amides is 1. The Morgan fingerprint density at radius 3 is 0.909 bits per heavy atom. The van der Waals surface area contributed by atoms with Gasteiger partial charge < -0.3 is 5.32 Å². The largest absolute Gasteiger partial charge is 0.354 e. The van der Waals surface area contributed by atoms with Gasteiger partial charge in [-0.2, -0.15) is 0 Å². The summed E-state index contributed by atoms with van der Waals surface area (Å²) in [5.74, 6) is 2.74. The van der Waals surface area contributed by atoms with Crippen molar-refractivity contribution < 1.29 is 18.0 Å². The first-order chi connectivity index (χ1) is 14.6. The highest BCUT2D eigenvalue weighted by Crippen LogP contribution is 2.08. The van der Waals surface area contributed by atoms with Crippen LogP contribution in [0.4, 0.5) is 0 Å².